The van der Waals surface area contributed by atoms with Crippen molar-refractivity contribution in [3.05, 3.63) is 78.4 Å². The average molecular weight is 449 g/mol. The minimum absolute atomic E-state index is 0.0630. The van der Waals surface area contributed by atoms with Crippen molar-refractivity contribution in [3.63, 3.8) is 0 Å². The Balaban J connectivity index is 1.43. The maximum atomic E-state index is 13.6. The molecule has 2 heterocycles. The van der Waals surface area contributed by atoms with Gasteiger partial charge in [0.05, 0.1) is 4.90 Å². The molecule has 0 bridgehead atoms. The highest BCUT2D eigenvalue weighted by Crippen LogP contribution is 2.38. The van der Waals surface area contributed by atoms with E-state index >= 15 is 0 Å². The fourth-order valence-electron chi connectivity index (χ4n) is 3.67. The first-order valence-corrected chi connectivity index (χ1v) is 11.8. The number of fused-ring (bicyclic) bond motifs is 2. The Hall–Kier alpha value is -3.10. The molecule has 32 heavy (non-hydrogen) atoms. The van der Waals surface area contributed by atoms with Gasteiger partial charge in [-0.25, -0.2) is 8.42 Å². The topological polar surface area (TPSA) is 74.3 Å². The minimum Gasteiger partial charge on any atom is -0.523 e. The lowest BCUT2D eigenvalue weighted by Gasteiger charge is -2.25. The molecule has 162 valence electrons. The second-order valence-electron chi connectivity index (χ2n) is 7.91. The summed E-state index contributed by atoms with van der Waals surface area (Å²) in [6, 6.07) is 21.2. The minimum atomic E-state index is -3.94. The second kappa shape index (κ2) is 8.11. The third-order valence-corrected chi connectivity index (χ3v) is 7.24. The zero-order valence-electron chi connectivity index (χ0n) is 17.7. The van der Waals surface area contributed by atoms with Crippen LogP contribution in [-0.4, -0.2) is 33.6 Å². The average Bonchev–Trinajstić information content (AvgIpc) is 3.41. The molecule has 0 N–H and O–H groups in total. The summed E-state index contributed by atoms with van der Waals surface area (Å²) in [5.41, 5.74) is 0.968. The summed E-state index contributed by atoms with van der Waals surface area (Å²) in [6.45, 7) is 3.84. The van der Waals surface area contributed by atoms with Crippen LogP contribution in [0, 0.1) is 6.92 Å². The van der Waals surface area contributed by atoms with Crippen molar-refractivity contribution in [2.24, 2.45) is 0 Å². The first-order chi connectivity index (χ1) is 15.4. The number of sulfonamides is 1. The van der Waals surface area contributed by atoms with E-state index in [2.05, 4.69) is 0 Å². The molecule has 7 nitrogen and oxygen atoms in total. The van der Waals surface area contributed by atoms with Crippen molar-refractivity contribution >= 4 is 24.4 Å². The van der Waals surface area contributed by atoms with Crippen LogP contribution in [0.2, 0.25) is 5.82 Å². The van der Waals surface area contributed by atoms with Crippen LogP contribution < -0.4 is 18.6 Å². The largest absolute Gasteiger partial charge is 0.716 e. The molecule has 2 aliphatic rings. The summed E-state index contributed by atoms with van der Waals surface area (Å²) in [4.78, 5) is 0.162. The molecular weight excluding hydrogens is 428 g/mol. The third kappa shape index (κ3) is 3.80. The summed E-state index contributed by atoms with van der Waals surface area (Å²) in [5.74, 6) is 1.94. The van der Waals surface area contributed by atoms with Gasteiger partial charge in [0, 0.05) is 12.4 Å². The van der Waals surface area contributed by atoms with Crippen molar-refractivity contribution in [1.82, 2.24) is 4.22 Å². The number of rotatable bonds is 6. The van der Waals surface area contributed by atoms with E-state index in [1.165, 1.54) is 4.22 Å². The second-order valence-corrected chi connectivity index (χ2v) is 9.80. The molecule has 2 aliphatic heterocycles. The highest BCUT2D eigenvalue weighted by molar-refractivity contribution is 7.90. The van der Waals surface area contributed by atoms with E-state index in [0.29, 0.717) is 23.0 Å². The number of nitrogens with zero attached hydrogens (tertiary/aromatic N) is 1. The van der Waals surface area contributed by atoms with Gasteiger partial charge in [-0.15, -0.1) is 0 Å². The van der Waals surface area contributed by atoms with Gasteiger partial charge in [-0.2, -0.15) is 4.22 Å². The van der Waals surface area contributed by atoms with Gasteiger partial charge in [0.25, 0.3) is 0 Å². The summed E-state index contributed by atoms with van der Waals surface area (Å²) >= 11 is 0. The number of aryl methyl sites for hydroxylation is 1. The molecule has 1 unspecified atom stereocenters. The predicted octanol–water partition coefficient (Wildman–Crippen LogP) is 3.79. The monoisotopic (exact) mass is 449 g/mol. The van der Waals surface area contributed by atoms with E-state index in [1.54, 1.807) is 36.4 Å². The van der Waals surface area contributed by atoms with E-state index in [-0.39, 0.29) is 17.3 Å². The van der Waals surface area contributed by atoms with Gasteiger partial charge in [-0.3, -0.25) is 0 Å². The molecule has 3 aromatic carbocycles. The van der Waals surface area contributed by atoms with E-state index in [9.17, 15) is 8.42 Å². The summed E-state index contributed by atoms with van der Waals surface area (Å²) in [7, 11) is -5.71. The smallest absolute Gasteiger partial charge is 0.523 e. The zero-order chi connectivity index (χ0) is 22.3. The fraction of sp³-hybridized carbons (Fsp3) is 0.182. The summed E-state index contributed by atoms with van der Waals surface area (Å²) in [6.07, 6.45) is 0. The number of hydrogen-bond donors (Lipinski definition) is 0. The molecule has 0 spiro atoms. The first kappa shape index (κ1) is 20.8. The molecule has 0 saturated heterocycles. The lowest BCUT2D eigenvalue weighted by molar-refractivity contribution is 0.384. The van der Waals surface area contributed by atoms with Crippen LogP contribution in [0.15, 0.2) is 77.7 Å². The van der Waals surface area contributed by atoms with Gasteiger partial charge in [-0.1, -0.05) is 48.9 Å². The molecule has 0 aliphatic carbocycles. The SMILES string of the molecule is Cc1ccc(S(=O)(=O)N(CC(C)B2Oc3ccccc3O2)B2Oc3ccccc3O2)cc1. The van der Waals surface area contributed by atoms with Crippen LogP contribution in [0.4, 0.5) is 0 Å². The molecule has 0 fully saturated rings. The van der Waals surface area contributed by atoms with Gasteiger partial charge >= 0.3 is 14.4 Å². The molecule has 0 amide bonds. The normalized spacial score (nSPS) is 15.3. The predicted molar refractivity (Wildman–Crippen MR) is 121 cm³/mol. The van der Waals surface area contributed by atoms with Gasteiger partial charge < -0.3 is 18.6 Å². The van der Waals surface area contributed by atoms with Gasteiger partial charge in [-0.05, 0) is 43.3 Å². The van der Waals surface area contributed by atoms with Crippen molar-refractivity contribution in [2.75, 3.05) is 6.54 Å². The number of hydrogen-bond acceptors (Lipinski definition) is 6. The number of benzene rings is 3. The van der Waals surface area contributed by atoms with Crippen molar-refractivity contribution in [2.45, 2.75) is 24.6 Å². The molecule has 0 radical (unpaired) electrons. The molecule has 0 aromatic heterocycles. The first-order valence-electron chi connectivity index (χ1n) is 10.3. The molecule has 0 saturated carbocycles. The molecular formula is C22H21B2NO6S. The van der Waals surface area contributed by atoms with Crippen molar-refractivity contribution in [1.29, 1.82) is 0 Å². The standard InChI is InChI=1S/C22H21B2NO6S/c1-16-11-13-18(14-12-16)32(26,27)25(24-30-21-9-5-6-10-22(21)31-24)15-17(2)23-28-19-7-3-4-8-20(19)29-23/h3-14,17H,15H2,1-2H3. The van der Waals surface area contributed by atoms with E-state index in [0.717, 1.165) is 5.56 Å². The molecule has 3 aromatic rings. The zero-order valence-corrected chi connectivity index (χ0v) is 18.5. The maximum Gasteiger partial charge on any atom is 0.716 e. The quantitative estimate of drug-likeness (QED) is 0.534. The Labute approximate surface area is 188 Å². The Kier molecular flexibility index (Phi) is 5.27. The highest BCUT2D eigenvalue weighted by Gasteiger charge is 2.49. The van der Waals surface area contributed by atoms with Crippen molar-refractivity contribution < 1.29 is 27.0 Å². The number of para-hydroxylation sites is 4. The van der Waals surface area contributed by atoms with Crippen LogP contribution in [-0.2, 0) is 10.0 Å². The van der Waals surface area contributed by atoms with Crippen LogP contribution in [0.5, 0.6) is 23.0 Å². The van der Waals surface area contributed by atoms with Crippen molar-refractivity contribution in [3.8, 4) is 23.0 Å². The van der Waals surface area contributed by atoms with E-state index < -0.39 is 24.4 Å². The van der Waals surface area contributed by atoms with Gasteiger partial charge in [0.15, 0.2) is 0 Å². The molecule has 1 atom stereocenters. The fourth-order valence-corrected chi connectivity index (χ4v) is 5.16. The lowest BCUT2D eigenvalue weighted by Crippen LogP contribution is -2.52. The Morgan fingerprint density at radius 3 is 1.75 bits per heavy atom. The Morgan fingerprint density at radius 1 is 0.781 bits per heavy atom. The highest BCUT2D eigenvalue weighted by atomic mass is 32.2. The van der Waals surface area contributed by atoms with Gasteiger partial charge in [0.2, 0.25) is 10.0 Å². The van der Waals surface area contributed by atoms with Gasteiger partial charge in [0.1, 0.15) is 23.0 Å². The third-order valence-electron chi connectivity index (χ3n) is 5.44. The lowest BCUT2D eigenvalue weighted by atomic mass is 9.73. The van der Waals surface area contributed by atoms with E-state index in [4.69, 9.17) is 18.6 Å². The van der Waals surface area contributed by atoms with Crippen LogP contribution in [0.3, 0.4) is 0 Å². The summed E-state index contributed by atoms with van der Waals surface area (Å²) in [5, 5.41) is 0. The Morgan fingerprint density at radius 2 is 1.25 bits per heavy atom. The maximum absolute atomic E-state index is 13.6. The Bertz CT molecular complexity index is 1190. The molecule has 10 heteroatoms. The van der Waals surface area contributed by atoms with E-state index in [1.807, 2.05) is 50.2 Å². The van der Waals surface area contributed by atoms with Crippen LogP contribution >= 0.6 is 0 Å². The summed E-state index contributed by atoms with van der Waals surface area (Å²) < 4.78 is 52.0. The van der Waals surface area contributed by atoms with Crippen LogP contribution in [0.1, 0.15) is 12.5 Å². The van der Waals surface area contributed by atoms with Crippen LogP contribution in [0.25, 0.3) is 0 Å². The molecule has 5 rings (SSSR count).